The molecular formula is C17H29N5O. The summed E-state index contributed by atoms with van der Waals surface area (Å²) in [7, 11) is 1.99. The number of nitrogens with zero attached hydrogens (tertiary/aromatic N) is 5. The van der Waals surface area contributed by atoms with E-state index in [2.05, 4.69) is 15.1 Å². The summed E-state index contributed by atoms with van der Waals surface area (Å²) in [5.74, 6) is 1.83. The zero-order chi connectivity index (χ0) is 16.1. The number of hydrogen-bond donors (Lipinski definition) is 0. The summed E-state index contributed by atoms with van der Waals surface area (Å²) in [5, 5.41) is 8.18. The molecule has 2 fully saturated rings. The SMILES string of the molecule is Cn1cnnc1C1CCN(C(=O)CCCN2CCCCC2)CC1. The summed E-state index contributed by atoms with van der Waals surface area (Å²) < 4.78 is 2.00. The Morgan fingerprint density at radius 2 is 1.91 bits per heavy atom. The molecule has 0 N–H and O–H groups in total. The van der Waals surface area contributed by atoms with Gasteiger partial charge in [0, 0.05) is 32.5 Å². The number of piperidine rings is 2. The van der Waals surface area contributed by atoms with Gasteiger partial charge in [-0.25, -0.2) is 0 Å². The highest BCUT2D eigenvalue weighted by atomic mass is 16.2. The number of carbonyl (C=O) groups excluding carboxylic acids is 1. The van der Waals surface area contributed by atoms with Crippen molar-refractivity contribution in [3.63, 3.8) is 0 Å². The Morgan fingerprint density at radius 3 is 2.57 bits per heavy atom. The van der Waals surface area contributed by atoms with E-state index in [4.69, 9.17) is 0 Å². The van der Waals surface area contributed by atoms with E-state index >= 15 is 0 Å². The third-order valence-electron chi connectivity index (χ3n) is 5.27. The van der Waals surface area contributed by atoms with Gasteiger partial charge in [-0.05, 0) is 51.7 Å². The Kier molecular flexibility index (Phi) is 5.65. The van der Waals surface area contributed by atoms with Crippen LogP contribution in [0.2, 0.25) is 0 Å². The van der Waals surface area contributed by atoms with Gasteiger partial charge in [-0.1, -0.05) is 6.42 Å². The highest BCUT2D eigenvalue weighted by molar-refractivity contribution is 5.76. The van der Waals surface area contributed by atoms with Crippen molar-refractivity contribution in [3.05, 3.63) is 12.2 Å². The van der Waals surface area contributed by atoms with E-state index in [9.17, 15) is 4.79 Å². The van der Waals surface area contributed by atoms with Crippen LogP contribution in [0.1, 0.15) is 56.7 Å². The molecule has 2 saturated heterocycles. The first-order chi connectivity index (χ1) is 11.2. The topological polar surface area (TPSA) is 54.3 Å². The van der Waals surface area contributed by atoms with E-state index in [0.717, 1.165) is 44.7 Å². The van der Waals surface area contributed by atoms with Gasteiger partial charge in [0.1, 0.15) is 12.2 Å². The quantitative estimate of drug-likeness (QED) is 0.830. The fraction of sp³-hybridized carbons (Fsp3) is 0.824. The van der Waals surface area contributed by atoms with Gasteiger partial charge in [-0.15, -0.1) is 10.2 Å². The molecule has 128 valence electrons. The van der Waals surface area contributed by atoms with E-state index in [0.29, 0.717) is 18.2 Å². The lowest BCUT2D eigenvalue weighted by molar-refractivity contribution is -0.132. The molecule has 6 nitrogen and oxygen atoms in total. The van der Waals surface area contributed by atoms with Crippen LogP contribution in [0.4, 0.5) is 0 Å². The van der Waals surface area contributed by atoms with Crippen molar-refractivity contribution in [3.8, 4) is 0 Å². The minimum absolute atomic E-state index is 0.332. The Labute approximate surface area is 138 Å². The lowest BCUT2D eigenvalue weighted by atomic mass is 9.95. The van der Waals surface area contributed by atoms with E-state index in [1.165, 1.54) is 32.4 Å². The number of aryl methyl sites for hydroxylation is 1. The summed E-state index contributed by atoms with van der Waals surface area (Å²) in [5.41, 5.74) is 0. The highest BCUT2D eigenvalue weighted by Gasteiger charge is 2.26. The van der Waals surface area contributed by atoms with Crippen LogP contribution in [0, 0.1) is 0 Å². The number of hydrogen-bond acceptors (Lipinski definition) is 4. The maximum atomic E-state index is 12.4. The first-order valence-electron chi connectivity index (χ1n) is 9.08. The molecule has 3 heterocycles. The van der Waals surface area contributed by atoms with Gasteiger partial charge in [0.2, 0.25) is 5.91 Å². The Hall–Kier alpha value is -1.43. The van der Waals surface area contributed by atoms with Gasteiger partial charge < -0.3 is 14.4 Å². The van der Waals surface area contributed by atoms with Crippen LogP contribution in [0.15, 0.2) is 6.33 Å². The smallest absolute Gasteiger partial charge is 0.222 e. The third-order valence-corrected chi connectivity index (χ3v) is 5.27. The molecule has 1 aromatic heterocycles. The molecule has 1 amide bonds. The van der Waals surface area contributed by atoms with Crippen molar-refractivity contribution in [1.82, 2.24) is 24.6 Å². The molecule has 23 heavy (non-hydrogen) atoms. The Bertz CT molecular complexity index is 501. The molecule has 0 bridgehead atoms. The molecule has 0 radical (unpaired) electrons. The largest absolute Gasteiger partial charge is 0.343 e. The highest BCUT2D eigenvalue weighted by Crippen LogP contribution is 2.26. The second kappa shape index (κ2) is 7.90. The summed E-state index contributed by atoms with van der Waals surface area (Å²) >= 11 is 0. The van der Waals surface area contributed by atoms with Crippen molar-refractivity contribution in [2.45, 2.75) is 50.9 Å². The van der Waals surface area contributed by atoms with Gasteiger partial charge in [0.05, 0.1) is 0 Å². The molecule has 0 aromatic carbocycles. The van der Waals surface area contributed by atoms with E-state index < -0.39 is 0 Å². The molecule has 0 aliphatic carbocycles. The normalized spacial score (nSPS) is 20.8. The number of carbonyl (C=O) groups is 1. The monoisotopic (exact) mass is 319 g/mol. The molecule has 0 spiro atoms. The van der Waals surface area contributed by atoms with Crippen molar-refractivity contribution in [1.29, 1.82) is 0 Å². The third kappa shape index (κ3) is 4.31. The summed E-state index contributed by atoms with van der Waals surface area (Å²) in [6, 6.07) is 0. The average molecular weight is 319 g/mol. The van der Waals surface area contributed by atoms with Crippen LogP contribution in [0.5, 0.6) is 0 Å². The Morgan fingerprint density at radius 1 is 1.17 bits per heavy atom. The number of likely N-dealkylation sites (tertiary alicyclic amines) is 2. The second-order valence-corrected chi connectivity index (χ2v) is 6.96. The van der Waals surface area contributed by atoms with Gasteiger partial charge in [0.15, 0.2) is 0 Å². The minimum Gasteiger partial charge on any atom is -0.343 e. The van der Waals surface area contributed by atoms with Crippen molar-refractivity contribution >= 4 is 5.91 Å². The molecule has 2 aliphatic heterocycles. The standard InChI is InChI=1S/C17H29N5O/c1-20-14-18-19-17(20)15-7-12-22(13-8-15)16(23)6-5-11-21-9-3-2-4-10-21/h14-15H,2-13H2,1H3. The van der Waals surface area contributed by atoms with E-state index in [1.54, 1.807) is 6.33 Å². The summed E-state index contributed by atoms with van der Waals surface area (Å²) in [4.78, 5) is 16.9. The predicted molar refractivity (Wildman–Crippen MR) is 89.1 cm³/mol. The molecule has 0 unspecified atom stereocenters. The zero-order valence-corrected chi connectivity index (χ0v) is 14.3. The molecule has 6 heteroatoms. The molecule has 1 aromatic rings. The van der Waals surface area contributed by atoms with E-state index in [-0.39, 0.29) is 0 Å². The van der Waals surface area contributed by atoms with Gasteiger partial charge in [-0.3, -0.25) is 4.79 Å². The predicted octanol–water partition coefficient (Wildman–Crippen LogP) is 1.79. The van der Waals surface area contributed by atoms with Crippen LogP contribution < -0.4 is 0 Å². The molecule has 0 atom stereocenters. The van der Waals surface area contributed by atoms with Crippen LogP contribution in [0.3, 0.4) is 0 Å². The first-order valence-corrected chi connectivity index (χ1v) is 9.08. The van der Waals surface area contributed by atoms with Crippen LogP contribution in [0.25, 0.3) is 0 Å². The number of rotatable bonds is 5. The minimum atomic E-state index is 0.332. The lowest BCUT2D eigenvalue weighted by Crippen LogP contribution is -2.38. The van der Waals surface area contributed by atoms with Crippen molar-refractivity contribution in [2.75, 3.05) is 32.7 Å². The van der Waals surface area contributed by atoms with Crippen LogP contribution in [-0.2, 0) is 11.8 Å². The molecular weight excluding hydrogens is 290 g/mol. The van der Waals surface area contributed by atoms with E-state index in [1.807, 2.05) is 16.5 Å². The number of aromatic nitrogens is 3. The molecule has 3 rings (SSSR count). The fourth-order valence-electron chi connectivity index (χ4n) is 3.84. The second-order valence-electron chi connectivity index (χ2n) is 6.96. The maximum absolute atomic E-state index is 12.4. The van der Waals surface area contributed by atoms with Gasteiger partial charge >= 0.3 is 0 Å². The molecule has 2 aliphatic rings. The number of amides is 1. The first kappa shape index (κ1) is 16.4. The van der Waals surface area contributed by atoms with Crippen LogP contribution in [-0.4, -0.2) is 63.2 Å². The Balaban J connectivity index is 1.37. The van der Waals surface area contributed by atoms with Gasteiger partial charge in [-0.2, -0.15) is 0 Å². The van der Waals surface area contributed by atoms with Crippen LogP contribution >= 0.6 is 0 Å². The zero-order valence-electron chi connectivity index (χ0n) is 14.3. The summed E-state index contributed by atoms with van der Waals surface area (Å²) in [6.45, 7) is 5.25. The molecule has 0 saturated carbocycles. The lowest BCUT2D eigenvalue weighted by Gasteiger charge is -2.32. The van der Waals surface area contributed by atoms with Crippen molar-refractivity contribution in [2.24, 2.45) is 7.05 Å². The van der Waals surface area contributed by atoms with Crippen molar-refractivity contribution < 1.29 is 4.79 Å². The maximum Gasteiger partial charge on any atom is 0.222 e. The fourth-order valence-corrected chi connectivity index (χ4v) is 3.84. The summed E-state index contributed by atoms with van der Waals surface area (Å²) in [6.07, 6.45) is 9.48. The average Bonchev–Trinajstić information content (AvgIpc) is 3.02. The van der Waals surface area contributed by atoms with Gasteiger partial charge in [0.25, 0.3) is 0 Å².